The minimum Gasteiger partial charge on any atom is -0.348 e. The number of halogens is 3. The van der Waals surface area contributed by atoms with E-state index in [1.807, 2.05) is 0 Å². The van der Waals surface area contributed by atoms with E-state index in [4.69, 9.17) is 0 Å². The van der Waals surface area contributed by atoms with Crippen LogP contribution in [-0.2, 0) is 6.18 Å². The summed E-state index contributed by atoms with van der Waals surface area (Å²) in [5.41, 5.74) is 0.814. The Kier molecular flexibility index (Phi) is 5.47. The molecular weight excluding hydrogens is 373 g/mol. The number of rotatable bonds is 3. The molecule has 9 heteroatoms. The summed E-state index contributed by atoms with van der Waals surface area (Å²) in [6.07, 6.45) is -2.76. The Morgan fingerprint density at radius 2 is 1.89 bits per heavy atom. The zero-order chi connectivity index (χ0) is 20.5. The highest BCUT2D eigenvalue weighted by molar-refractivity contribution is 5.94. The van der Waals surface area contributed by atoms with Crippen molar-refractivity contribution in [3.8, 4) is 11.4 Å². The smallest absolute Gasteiger partial charge is 0.348 e. The summed E-state index contributed by atoms with van der Waals surface area (Å²) in [6.45, 7) is 8.25. The minimum absolute atomic E-state index is 0.0465. The Morgan fingerprint density at radius 1 is 1.21 bits per heavy atom. The number of benzene rings is 1. The molecule has 152 valence electrons. The maximum absolute atomic E-state index is 12.6. The van der Waals surface area contributed by atoms with Gasteiger partial charge in [0, 0.05) is 29.3 Å². The first-order valence-corrected chi connectivity index (χ1v) is 9.11. The van der Waals surface area contributed by atoms with Crippen LogP contribution < -0.4 is 5.32 Å². The van der Waals surface area contributed by atoms with E-state index < -0.39 is 12.1 Å². The fraction of sp³-hybridized carbons (Fsp3) is 0.526. The Bertz CT molecular complexity index is 825. The third-order valence-corrected chi connectivity index (χ3v) is 4.78. The molecule has 1 saturated heterocycles. The van der Waals surface area contributed by atoms with Gasteiger partial charge in [-0.3, -0.25) is 9.69 Å². The number of amides is 1. The molecule has 1 unspecified atom stereocenters. The van der Waals surface area contributed by atoms with Crippen LogP contribution in [0.2, 0.25) is 0 Å². The quantitative estimate of drug-likeness (QED) is 0.856. The number of hydrogen-bond acceptors (Lipinski definition) is 5. The second kappa shape index (κ2) is 7.54. The van der Waals surface area contributed by atoms with E-state index in [0.29, 0.717) is 11.1 Å². The van der Waals surface area contributed by atoms with Crippen molar-refractivity contribution in [2.75, 3.05) is 13.1 Å². The summed E-state index contributed by atoms with van der Waals surface area (Å²) in [4.78, 5) is 18.2. The van der Waals surface area contributed by atoms with Crippen molar-refractivity contribution in [1.29, 1.82) is 0 Å². The molecule has 1 fully saturated rings. The molecular formula is C19H23F3N4O2. The van der Waals surface area contributed by atoms with Gasteiger partial charge in [-0.1, -0.05) is 17.3 Å². The molecule has 0 aliphatic carbocycles. The molecule has 1 atom stereocenters. The van der Waals surface area contributed by atoms with Gasteiger partial charge in [-0.05, 0) is 52.3 Å². The fourth-order valence-electron chi connectivity index (χ4n) is 3.20. The molecule has 0 spiro atoms. The van der Waals surface area contributed by atoms with Crippen molar-refractivity contribution >= 4 is 5.91 Å². The first-order valence-electron chi connectivity index (χ1n) is 9.11. The molecule has 3 rings (SSSR count). The van der Waals surface area contributed by atoms with Crippen molar-refractivity contribution in [2.45, 2.75) is 51.4 Å². The van der Waals surface area contributed by atoms with Crippen LogP contribution in [0.25, 0.3) is 11.4 Å². The summed E-state index contributed by atoms with van der Waals surface area (Å²) in [5, 5.41) is 6.38. The highest BCUT2D eigenvalue weighted by Crippen LogP contribution is 2.29. The first-order chi connectivity index (χ1) is 13.0. The van der Waals surface area contributed by atoms with Crippen LogP contribution >= 0.6 is 0 Å². The number of hydrogen-bond donors (Lipinski definition) is 1. The average Bonchev–Trinajstić information content (AvgIpc) is 3.12. The molecule has 1 aromatic heterocycles. The zero-order valence-electron chi connectivity index (χ0n) is 16.0. The number of carbonyl (C=O) groups is 1. The molecule has 0 saturated carbocycles. The number of carbonyl (C=O) groups excluding carboxylic acids is 1. The number of likely N-dealkylation sites (tertiary alicyclic amines) is 1. The number of nitrogens with one attached hydrogen (secondary N) is 1. The summed E-state index contributed by atoms with van der Waals surface area (Å²) >= 11 is 0. The van der Waals surface area contributed by atoms with Gasteiger partial charge in [0.05, 0.1) is 0 Å². The van der Waals surface area contributed by atoms with E-state index in [1.165, 1.54) is 12.1 Å². The SMILES string of the molecule is CC(C)(C)N1CCCC(NC(=O)c2ccc(-c3noc(C(F)(F)F)n3)cc2)C1. The largest absolute Gasteiger partial charge is 0.471 e. The lowest BCUT2D eigenvalue weighted by atomic mass is 9.98. The molecule has 1 amide bonds. The molecule has 0 radical (unpaired) electrons. The van der Waals surface area contributed by atoms with Gasteiger partial charge in [-0.2, -0.15) is 18.2 Å². The van der Waals surface area contributed by atoms with E-state index in [0.717, 1.165) is 25.9 Å². The van der Waals surface area contributed by atoms with Gasteiger partial charge in [-0.25, -0.2) is 0 Å². The number of nitrogens with zero attached hydrogens (tertiary/aromatic N) is 3. The third kappa shape index (κ3) is 4.70. The van der Waals surface area contributed by atoms with Crippen LogP contribution in [0.5, 0.6) is 0 Å². The van der Waals surface area contributed by atoms with Gasteiger partial charge < -0.3 is 9.84 Å². The van der Waals surface area contributed by atoms with Gasteiger partial charge >= 0.3 is 12.1 Å². The van der Waals surface area contributed by atoms with Gasteiger partial charge in [0.15, 0.2) is 0 Å². The molecule has 1 N–H and O–H groups in total. The zero-order valence-corrected chi connectivity index (χ0v) is 16.0. The van der Waals surface area contributed by atoms with Crippen LogP contribution in [0.3, 0.4) is 0 Å². The Labute approximate surface area is 161 Å². The van der Waals surface area contributed by atoms with Gasteiger partial charge in [0.2, 0.25) is 5.82 Å². The van der Waals surface area contributed by atoms with Crippen molar-refractivity contribution in [3.05, 3.63) is 35.7 Å². The molecule has 2 heterocycles. The van der Waals surface area contributed by atoms with Crippen molar-refractivity contribution in [2.24, 2.45) is 0 Å². The van der Waals surface area contributed by atoms with Gasteiger partial charge in [-0.15, -0.1) is 0 Å². The minimum atomic E-state index is -4.69. The monoisotopic (exact) mass is 396 g/mol. The fourth-order valence-corrected chi connectivity index (χ4v) is 3.20. The lowest BCUT2D eigenvalue weighted by molar-refractivity contribution is -0.159. The van der Waals surface area contributed by atoms with Crippen molar-refractivity contribution < 1.29 is 22.5 Å². The van der Waals surface area contributed by atoms with Gasteiger partial charge in [0.1, 0.15) is 0 Å². The van der Waals surface area contributed by atoms with Crippen molar-refractivity contribution in [3.63, 3.8) is 0 Å². The lowest BCUT2D eigenvalue weighted by Crippen LogP contribution is -2.53. The van der Waals surface area contributed by atoms with E-state index >= 15 is 0 Å². The van der Waals surface area contributed by atoms with E-state index in [1.54, 1.807) is 12.1 Å². The number of alkyl halides is 3. The molecule has 28 heavy (non-hydrogen) atoms. The number of aromatic nitrogens is 2. The average molecular weight is 396 g/mol. The molecule has 1 aliphatic rings. The molecule has 6 nitrogen and oxygen atoms in total. The maximum atomic E-state index is 12.6. The molecule has 0 bridgehead atoms. The predicted octanol–water partition coefficient (Wildman–Crippen LogP) is 3.75. The second-order valence-corrected chi connectivity index (χ2v) is 7.93. The standard InChI is InChI=1S/C19H23F3N4O2/c1-18(2,3)26-10-4-5-14(11-26)23-16(27)13-8-6-12(7-9-13)15-24-17(28-25-15)19(20,21)22/h6-9,14H,4-5,10-11H2,1-3H3,(H,23,27). The molecule has 2 aromatic rings. The predicted molar refractivity (Wildman–Crippen MR) is 96.6 cm³/mol. The summed E-state index contributed by atoms with van der Waals surface area (Å²) in [7, 11) is 0. The highest BCUT2D eigenvalue weighted by atomic mass is 19.4. The van der Waals surface area contributed by atoms with E-state index in [9.17, 15) is 18.0 Å². The summed E-state index contributed by atoms with van der Waals surface area (Å²) < 4.78 is 41.9. The van der Waals surface area contributed by atoms with Crippen LogP contribution in [-0.4, -0.2) is 45.6 Å². The van der Waals surface area contributed by atoms with Crippen LogP contribution in [0.15, 0.2) is 28.8 Å². The Hall–Kier alpha value is -2.42. The van der Waals surface area contributed by atoms with Crippen LogP contribution in [0.4, 0.5) is 13.2 Å². The van der Waals surface area contributed by atoms with Crippen LogP contribution in [0.1, 0.15) is 49.9 Å². The number of piperidine rings is 1. The van der Waals surface area contributed by atoms with E-state index in [-0.39, 0.29) is 23.3 Å². The Morgan fingerprint density at radius 3 is 2.46 bits per heavy atom. The lowest BCUT2D eigenvalue weighted by Gasteiger charge is -2.41. The highest BCUT2D eigenvalue weighted by Gasteiger charge is 2.38. The Balaban J connectivity index is 1.65. The second-order valence-electron chi connectivity index (χ2n) is 7.93. The molecule has 1 aromatic carbocycles. The molecule has 1 aliphatic heterocycles. The van der Waals surface area contributed by atoms with Gasteiger partial charge in [0.25, 0.3) is 5.91 Å². The van der Waals surface area contributed by atoms with Crippen LogP contribution in [0, 0.1) is 0 Å². The van der Waals surface area contributed by atoms with E-state index in [2.05, 4.69) is 45.7 Å². The summed E-state index contributed by atoms with van der Waals surface area (Å²) in [6, 6.07) is 6.15. The summed E-state index contributed by atoms with van der Waals surface area (Å²) in [5.74, 6) is -1.78. The third-order valence-electron chi connectivity index (χ3n) is 4.78. The van der Waals surface area contributed by atoms with Crippen molar-refractivity contribution in [1.82, 2.24) is 20.4 Å². The topological polar surface area (TPSA) is 71.3 Å². The normalized spacial score (nSPS) is 18.9. The first kappa shape index (κ1) is 20.3. The maximum Gasteiger partial charge on any atom is 0.471 e.